The van der Waals surface area contributed by atoms with Crippen molar-refractivity contribution in [2.45, 2.75) is 6.42 Å². The maximum atomic E-state index is 11.9. The zero-order chi connectivity index (χ0) is 14.0. The summed E-state index contributed by atoms with van der Waals surface area (Å²) in [4.78, 5) is 33.0. The van der Waals surface area contributed by atoms with Gasteiger partial charge in [-0.2, -0.15) is 0 Å². The molecule has 6 nitrogen and oxygen atoms in total. The number of alkyl halides is 1. The summed E-state index contributed by atoms with van der Waals surface area (Å²) in [7, 11) is 1.24. The third-order valence-electron chi connectivity index (χ3n) is 2.78. The number of halogens is 2. The number of methoxy groups -OCH3 is 1. The molecule has 1 aliphatic heterocycles. The number of rotatable bonds is 3. The monoisotopic (exact) mass is 347 g/mol. The molecule has 0 aromatic carbocycles. The molecule has 2 heterocycles. The molecule has 0 N–H and O–H groups in total. The second kappa shape index (κ2) is 5.83. The highest BCUT2D eigenvalue weighted by Crippen LogP contribution is 2.27. The summed E-state index contributed by atoms with van der Waals surface area (Å²) in [5.41, 5.74) is -0.0430. The number of hydrogen-bond donors (Lipinski definition) is 0. The van der Waals surface area contributed by atoms with Gasteiger partial charge in [0, 0.05) is 18.3 Å². The van der Waals surface area contributed by atoms with Crippen molar-refractivity contribution in [2.75, 3.05) is 23.9 Å². The lowest BCUT2D eigenvalue weighted by Gasteiger charge is -2.17. The molecule has 1 unspecified atom stereocenters. The predicted molar refractivity (Wildman–Crippen MR) is 72.6 cm³/mol. The summed E-state index contributed by atoms with van der Waals surface area (Å²) in [5.74, 6) is -0.369. The van der Waals surface area contributed by atoms with Crippen LogP contribution in [0.25, 0.3) is 0 Å². The van der Waals surface area contributed by atoms with Gasteiger partial charge in [-0.1, -0.05) is 27.5 Å². The average Bonchev–Trinajstić information content (AvgIpc) is 2.79. The predicted octanol–water partition coefficient (Wildman–Crippen LogP) is 1.66. The van der Waals surface area contributed by atoms with Crippen LogP contribution in [-0.2, 0) is 9.53 Å². The average molecular weight is 349 g/mol. The molecule has 1 fully saturated rings. The van der Waals surface area contributed by atoms with Crippen LogP contribution in [0.1, 0.15) is 16.9 Å². The molecule has 1 atom stereocenters. The molecule has 102 valence electrons. The van der Waals surface area contributed by atoms with Crippen molar-refractivity contribution in [3.63, 3.8) is 0 Å². The smallest absolute Gasteiger partial charge is 0.360 e. The second-order valence-electron chi connectivity index (χ2n) is 4.09. The van der Waals surface area contributed by atoms with Gasteiger partial charge in [-0.25, -0.2) is 14.8 Å². The highest BCUT2D eigenvalue weighted by molar-refractivity contribution is 9.09. The highest BCUT2D eigenvalue weighted by atomic mass is 79.9. The van der Waals surface area contributed by atoms with Gasteiger partial charge in [0.1, 0.15) is 5.15 Å². The lowest BCUT2D eigenvalue weighted by Crippen LogP contribution is -2.28. The molecular weight excluding hydrogens is 337 g/mol. The van der Waals surface area contributed by atoms with Crippen molar-refractivity contribution in [3.8, 4) is 0 Å². The fourth-order valence-corrected chi connectivity index (χ4v) is 2.45. The van der Waals surface area contributed by atoms with Crippen LogP contribution in [0, 0.1) is 5.92 Å². The summed E-state index contributed by atoms with van der Waals surface area (Å²) in [6, 6.07) is 0. The minimum absolute atomic E-state index is 0.0430. The summed E-state index contributed by atoms with van der Waals surface area (Å²) in [6.07, 6.45) is 1.72. The van der Waals surface area contributed by atoms with E-state index in [0.29, 0.717) is 18.3 Å². The molecule has 0 aliphatic carbocycles. The van der Waals surface area contributed by atoms with Crippen molar-refractivity contribution in [1.82, 2.24) is 9.97 Å². The number of aromatic nitrogens is 2. The molecule has 1 aliphatic rings. The number of anilines is 1. The molecule has 0 bridgehead atoms. The van der Waals surface area contributed by atoms with Gasteiger partial charge in [0.15, 0.2) is 11.5 Å². The Morgan fingerprint density at radius 3 is 3.00 bits per heavy atom. The molecule has 1 aromatic rings. The zero-order valence-electron chi connectivity index (χ0n) is 10.1. The first kappa shape index (κ1) is 14.2. The van der Waals surface area contributed by atoms with Crippen molar-refractivity contribution >= 4 is 45.2 Å². The van der Waals surface area contributed by atoms with Gasteiger partial charge in [-0.3, -0.25) is 9.69 Å². The van der Waals surface area contributed by atoms with Crippen molar-refractivity contribution in [3.05, 3.63) is 17.0 Å². The Labute approximate surface area is 123 Å². The minimum Gasteiger partial charge on any atom is -0.464 e. The molecule has 8 heteroatoms. The van der Waals surface area contributed by atoms with Crippen LogP contribution in [0.15, 0.2) is 6.20 Å². The minimum atomic E-state index is -0.667. The third-order valence-corrected chi connectivity index (χ3v) is 3.88. The van der Waals surface area contributed by atoms with Gasteiger partial charge >= 0.3 is 5.97 Å². The maximum absolute atomic E-state index is 11.9. The van der Waals surface area contributed by atoms with Gasteiger partial charge in [0.2, 0.25) is 5.91 Å². The normalized spacial score (nSPS) is 18.8. The fourth-order valence-electron chi connectivity index (χ4n) is 1.88. The zero-order valence-corrected chi connectivity index (χ0v) is 12.4. The number of esters is 1. The van der Waals surface area contributed by atoms with Gasteiger partial charge < -0.3 is 4.74 Å². The third kappa shape index (κ3) is 2.87. The Hall–Kier alpha value is -1.21. The number of nitrogens with zero attached hydrogens (tertiary/aromatic N) is 3. The SMILES string of the molecule is COC(=O)c1nc(Cl)cnc1N1CC(CBr)CC1=O. The molecule has 0 saturated carbocycles. The Morgan fingerprint density at radius 1 is 1.68 bits per heavy atom. The molecule has 1 saturated heterocycles. The number of ether oxygens (including phenoxy) is 1. The van der Waals surface area contributed by atoms with Crippen LogP contribution in [0.5, 0.6) is 0 Å². The number of carbonyl (C=O) groups is 2. The van der Waals surface area contributed by atoms with Crippen molar-refractivity contribution in [1.29, 1.82) is 0 Å². The first-order valence-electron chi connectivity index (χ1n) is 5.54. The van der Waals surface area contributed by atoms with E-state index in [1.165, 1.54) is 18.2 Å². The Kier molecular flexibility index (Phi) is 4.36. The van der Waals surface area contributed by atoms with E-state index in [4.69, 9.17) is 11.6 Å². The van der Waals surface area contributed by atoms with Gasteiger partial charge in [-0.15, -0.1) is 0 Å². The summed E-state index contributed by atoms with van der Waals surface area (Å²) in [5, 5.41) is 0.789. The van der Waals surface area contributed by atoms with Crippen molar-refractivity contribution in [2.24, 2.45) is 5.92 Å². The number of carbonyl (C=O) groups excluding carboxylic acids is 2. The number of hydrogen-bond acceptors (Lipinski definition) is 5. The van der Waals surface area contributed by atoms with Crippen LogP contribution in [0.3, 0.4) is 0 Å². The van der Waals surface area contributed by atoms with E-state index in [1.807, 2.05) is 0 Å². The van der Waals surface area contributed by atoms with E-state index >= 15 is 0 Å². The second-order valence-corrected chi connectivity index (χ2v) is 5.12. The van der Waals surface area contributed by atoms with Crippen molar-refractivity contribution < 1.29 is 14.3 Å². The van der Waals surface area contributed by atoms with E-state index in [1.54, 1.807) is 0 Å². The first-order chi connectivity index (χ1) is 9.06. The highest BCUT2D eigenvalue weighted by Gasteiger charge is 2.34. The maximum Gasteiger partial charge on any atom is 0.360 e. The lowest BCUT2D eigenvalue weighted by atomic mass is 10.2. The van der Waals surface area contributed by atoms with Gasteiger partial charge in [0.05, 0.1) is 13.3 Å². The molecule has 1 aromatic heterocycles. The largest absolute Gasteiger partial charge is 0.464 e. The lowest BCUT2D eigenvalue weighted by molar-refractivity contribution is -0.117. The van der Waals surface area contributed by atoms with Crippen LogP contribution >= 0.6 is 27.5 Å². The summed E-state index contributed by atoms with van der Waals surface area (Å²) in [6.45, 7) is 0.490. The Bertz CT molecular complexity index is 526. The van der Waals surface area contributed by atoms with E-state index in [9.17, 15) is 9.59 Å². The molecule has 19 heavy (non-hydrogen) atoms. The summed E-state index contributed by atoms with van der Waals surface area (Å²) >= 11 is 9.07. The topological polar surface area (TPSA) is 72.4 Å². The Morgan fingerprint density at radius 2 is 2.42 bits per heavy atom. The van der Waals surface area contributed by atoms with Gasteiger partial charge in [0.25, 0.3) is 0 Å². The molecule has 0 spiro atoms. The Balaban J connectivity index is 2.39. The number of amides is 1. The van der Waals surface area contributed by atoms with Crippen LogP contribution in [0.4, 0.5) is 5.82 Å². The molecule has 0 radical (unpaired) electrons. The van der Waals surface area contributed by atoms with Crippen LogP contribution in [0.2, 0.25) is 5.15 Å². The van der Waals surface area contributed by atoms with E-state index in [2.05, 4.69) is 30.6 Å². The van der Waals surface area contributed by atoms with Crippen LogP contribution in [-0.4, -0.2) is 40.8 Å². The van der Waals surface area contributed by atoms with Gasteiger partial charge in [-0.05, 0) is 5.92 Å². The molecular formula is C11H11BrClN3O3. The quantitative estimate of drug-likeness (QED) is 0.614. The van der Waals surface area contributed by atoms with E-state index < -0.39 is 5.97 Å². The van der Waals surface area contributed by atoms with E-state index in [0.717, 1.165) is 0 Å². The van der Waals surface area contributed by atoms with E-state index in [-0.39, 0.29) is 28.5 Å². The standard InChI is InChI=1S/C11H11BrClN3O3/c1-19-11(18)9-10(14-4-7(13)15-9)16-5-6(3-12)2-8(16)17/h4,6H,2-3,5H2,1H3. The fraction of sp³-hybridized carbons (Fsp3) is 0.455. The molecule has 2 rings (SSSR count). The van der Waals surface area contributed by atoms with Crippen LogP contribution < -0.4 is 4.90 Å². The first-order valence-corrected chi connectivity index (χ1v) is 7.04. The summed E-state index contributed by atoms with van der Waals surface area (Å²) < 4.78 is 4.63. The molecule has 1 amide bonds.